The average molecular weight is 299 g/mol. The van der Waals surface area contributed by atoms with E-state index >= 15 is 0 Å². The molecule has 1 unspecified atom stereocenters. The molecule has 0 aliphatic rings. The minimum Gasteiger partial charge on any atom is -0.481 e. The summed E-state index contributed by atoms with van der Waals surface area (Å²) in [5.74, 6) is 0.463. The minimum atomic E-state index is -0.581. The molecule has 0 heterocycles. The van der Waals surface area contributed by atoms with Crippen LogP contribution in [-0.4, -0.2) is 25.1 Å². The van der Waals surface area contributed by atoms with Gasteiger partial charge in [0.2, 0.25) is 0 Å². The van der Waals surface area contributed by atoms with Gasteiger partial charge in [-0.2, -0.15) is 0 Å². The summed E-state index contributed by atoms with van der Waals surface area (Å²) in [6.07, 6.45) is -0.581. The van der Waals surface area contributed by atoms with Gasteiger partial charge in [0.1, 0.15) is 5.75 Å². The summed E-state index contributed by atoms with van der Waals surface area (Å²) in [5, 5.41) is 5.98. The van der Waals surface area contributed by atoms with Crippen molar-refractivity contribution in [3.05, 3.63) is 54.6 Å². The van der Waals surface area contributed by atoms with Gasteiger partial charge < -0.3 is 21.1 Å². The molecule has 5 heteroatoms. The standard InChI is InChI=1S/C17H21N3O2/c1-13(17(21)20-15-5-3-2-4-6-15)22-16-9-7-14(8-10-16)19-12-11-18/h2-10,13,19H,11-12,18H2,1H3,(H,20,21). The van der Waals surface area contributed by atoms with Crippen LogP contribution >= 0.6 is 0 Å². The maximum absolute atomic E-state index is 12.1. The van der Waals surface area contributed by atoms with Crippen LogP contribution < -0.4 is 21.1 Å². The third-order valence-electron chi connectivity index (χ3n) is 3.05. The summed E-state index contributed by atoms with van der Waals surface area (Å²) in [6.45, 7) is 3.02. The van der Waals surface area contributed by atoms with Crippen molar-refractivity contribution in [2.75, 3.05) is 23.7 Å². The Kier molecular flexibility index (Phi) is 5.80. The molecule has 0 saturated heterocycles. The number of anilines is 2. The molecule has 2 aromatic carbocycles. The summed E-state index contributed by atoms with van der Waals surface area (Å²) in [6, 6.07) is 16.7. The molecule has 0 aromatic heterocycles. The van der Waals surface area contributed by atoms with Crippen molar-refractivity contribution in [3.63, 3.8) is 0 Å². The lowest BCUT2D eigenvalue weighted by Crippen LogP contribution is -2.30. The first kappa shape index (κ1) is 15.9. The fraction of sp³-hybridized carbons (Fsp3) is 0.235. The number of hydrogen-bond donors (Lipinski definition) is 3. The van der Waals surface area contributed by atoms with E-state index < -0.39 is 6.10 Å². The third-order valence-corrected chi connectivity index (χ3v) is 3.05. The first-order chi connectivity index (χ1) is 10.7. The molecule has 1 amide bonds. The molecule has 0 fully saturated rings. The monoisotopic (exact) mass is 299 g/mol. The van der Waals surface area contributed by atoms with Crippen LogP contribution in [0.2, 0.25) is 0 Å². The number of hydrogen-bond acceptors (Lipinski definition) is 4. The summed E-state index contributed by atoms with van der Waals surface area (Å²) in [7, 11) is 0. The van der Waals surface area contributed by atoms with Crippen LogP contribution in [0.15, 0.2) is 54.6 Å². The highest BCUT2D eigenvalue weighted by molar-refractivity contribution is 5.94. The summed E-state index contributed by atoms with van der Waals surface area (Å²) in [5.41, 5.74) is 7.16. The molecular formula is C17H21N3O2. The van der Waals surface area contributed by atoms with Gasteiger partial charge in [-0.05, 0) is 43.3 Å². The molecule has 5 nitrogen and oxygen atoms in total. The maximum atomic E-state index is 12.1. The lowest BCUT2D eigenvalue weighted by Gasteiger charge is -2.15. The number of nitrogens with one attached hydrogen (secondary N) is 2. The molecule has 116 valence electrons. The Labute approximate surface area is 130 Å². The molecular weight excluding hydrogens is 278 g/mol. The highest BCUT2D eigenvalue weighted by Gasteiger charge is 2.14. The predicted octanol–water partition coefficient (Wildman–Crippen LogP) is 2.46. The number of carbonyl (C=O) groups excluding carboxylic acids is 1. The molecule has 0 saturated carbocycles. The van der Waals surface area contributed by atoms with Crippen LogP contribution in [0, 0.1) is 0 Å². The quantitative estimate of drug-likeness (QED) is 0.734. The van der Waals surface area contributed by atoms with Crippen LogP contribution in [0.1, 0.15) is 6.92 Å². The second-order valence-electron chi connectivity index (χ2n) is 4.86. The smallest absolute Gasteiger partial charge is 0.265 e. The van der Waals surface area contributed by atoms with Crippen molar-refractivity contribution in [3.8, 4) is 5.75 Å². The van der Waals surface area contributed by atoms with E-state index in [-0.39, 0.29) is 5.91 Å². The lowest BCUT2D eigenvalue weighted by atomic mass is 10.2. The van der Waals surface area contributed by atoms with Crippen LogP contribution in [0.25, 0.3) is 0 Å². The van der Waals surface area contributed by atoms with E-state index in [1.54, 1.807) is 6.92 Å². The van der Waals surface area contributed by atoms with Crippen molar-refractivity contribution in [1.82, 2.24) is 0 Å². The second-order valence-corrected chi connectivity index (χ2v) is 4.86. The van der Waals surface area contributed by atoms with Gasteiger partial charge in [-0.25, -0.2) is 0 Å². The molecule has 0 radical (unpaired) electrons. The maximum Gasteiger partial charge on any atom is 0.265 e. The van der Waals surface area contributed by atoms with Crippen molar-refractivity contribution in [1.29, 1.82) is 0 Å². The number of nitrogens with two attached hydrogens (primary N) is 1. The van der Waals surface area contributed by atoms with Gasteiger partial charge >= 0.3 is 0 Å². The van der Waals surface area contributed by atoms with Gasteiger partial charge in [-0.1, -0.05) is 18.2 Å². The molecule has 0 aliphatic carbocycles. The number of para-hydroxylation sites is 1. The topological polar surface area (TPSA) is 76.4 Å². The Morgan fingerprint density at radius 2 is 1.77 bits per heavy atom. The van der Waals surface area contributed by atoms with E-state index in [4.69, 9.17) is 10.5 Å². The molecule has 2 rings (SSSR count). The molecule has 1 atom stereocenters. The summed E-state index contributed by atoms with van der Waals surface area (Å²) in [4.78, 5) is 12.1. The first-order valence-corrected chi connectivity index (χ1v) is 7.25. The Hall–Kier alpha value is -2.53. The average Bonchev–Trinajstić information content (AvgIpc) is 2.55. The second kappa shape index (κ2) is 8.05. The normalized spacial score (nSPS) is 11.5. The Balaban J connectivity index is 1.88. The van der Waals surface area contributed by atoms with Gasteiger partial charge in [-0.3, -0.25) is 4.79 Å². The molecule has 0 bridgehead atoms. The van der Waals surface area contributed by atoms with E-state index in [0.29, 0.717) is 12.3 Å². The van der Waals surface area contributed by atoms with Crippen LogP contribution in [0.5, 0.6) is 5.75 Å². The van der Waals surface area contributed by atoms with E-state index in [0.717, 1.165) is 17.9 Å². The van der Waals surface area contributed by atoms with Gasteiger partial charge in [0, 0.05) is 24.5 Å². The van der Waals surface area contributed by atoms with Crippen molar-refractivity contribution in [2.45, 2.75) is 13.0 Å². The van der Waals surface area contributed by atoms with Gasteiger partial charge in [0.05, 0.1) is 0 Å². The van der Waals surface area contributed by atoms with E-state index in [1.165, 1.54) is 0 Å². The zero-order chi connectivity index (χ0) is 15.8. The van der Waals surface area contributed by atoms with Crippen molar-refractivity contribution in [2.24, 2.45) is 5.73 Å². The number of carbonyl (C=O) groups is 1. The van der Waals surface area contributed by atoms with Crippen LogP contribution in [0.4, 0.5) is 11.4 Å². The molecule has 2 aromatic rings. The first-order valence-electron chi connectivity index (χ1n) is 7.25. The number of ether oxygens (including phenoxy) is 1. The van der Waals surface area contributed by atoms with E-state index in [1.807, 2.05) is 54.6 Å². The number of benzene rings is 2. The largest absolute Gasteiger partial charge is 0.481 e. The molecule has 0 aliphatic heterocycles. The molecule has 22 heavy (non-hydrogen) atoms. The lowest BCUT2D eigenvalue weighted by molar-refractivity contribution is -0.122. The van der Waals surface area contributed by atoms with E-state index in [9.17, 15) is 4.79 Å². The molecule has 0 spiro atoms. The third kappa shape index (κ3) is 4.79. The SMILES string of the molecule is CC(Oc1ccc(NCCN)cc1)C(=O)Nc1ccccc1. The van der Waals surface area contributed by atoms with Gasteiger partial charge in [-0.15, -0.1) is 0 Å². The Morgan fingerprint density at radius 1 is 1.09 bits per heavy atom. The highest BCUT2D eigenvalue weighted by atomic mass is 16.5. The predicted molar refractivity (Wildman–Crippen MR) is 89.1 cm³/mol. The van der Waals surface area contributed by atoms with E-state index in [2.05, 4.69) is 10.6 Å². The van der Waals surface area contributed by atoms with Gasteiger partial charge in [0.25, 0.3) is 5.91 Å². The van der Waals surface area contributed by atoms with Crippen LogP contribution in [0.3, 0.4) is 0 Å². The van der Waals surface area contributed by atoms with Gasteiger partial charge in [0.15, 0.2) is 6.10 Å². The Bertz CT molecular complexity index is 585. The van der Waals surface area contributed by atoms with Crippen molar-refractivity contribution >= 4 is 17.3 Å². The number of amides is 1. The molecule has 4 N–H and O–H groups in total. The minimum absolute atomic E-state index is 0.184. The zero-order valence-corrected chi connectivity index (χ0v) is 12.6. The van der Waals surface area contributed by atoms with Crippen molar-refractivity contribution < 1.29 is 9.53 Å². The fourth-order valence-corrected chi connectivity index (χ4v) is 1.89. The Morgan fingerprint density at radius 3 is 2.41 bits per heavy atom. The zero-order valence-electron chi connectivity index (χ0n) is 12.6. The highest BCUT2D eigenvalue weighted by Crippen LogP contribution is 2.17. The summed E-state index contributed by atoms with van der Waals surface area (Å²) >= 11 is 0. The number of rotatable bonds is 7. The van der Waals surface area contributed by atoms with Crippen LogP contribution in [-0.2, 0) is 4.79 Å². The fourth-order valence-electron chi connectivity index (χ4n) is 1.89. The summed E-state index contributed by atoms with van der Waals surface area (Å²) < 4.78 is 5.64.